The summed E-state index contributed by atoms with van der Waals surface area (Å²) in [6.45, 7) is 8.22. The Morgan fingerprint density at radius 2 is 2.12 bits per heavy atom. The highest BCUT2D eigenvalue weighted by Crippen LogP contribution is 2.23. The van der Waals surface area contributed by atoms with Crippen LogP contribution in [0.3, 0.4) is 0 Å². The van der Waals surface area contributed by atoms with Gasteiger partial charge in [-0.25, -0.2) is 0 Å². The summed E-state index contributed by atoms with van der Waals surface area (Å²) in [5.74, 6) is 0.322. The molecule has 2 rings (SSSR count). The number of hydrogen-bond acceptors (Lipinski definition) is 3. The van der Waals surface area contributed by atoms with E-state index in [1.54, 1.807) is 0 Å². The maximum Gasteiger partial charge on any atom is 0.225 e. The first kappa shape index (κ1) is 11.9. The number of carbonyl (C=O) groups is 1. The lowest BCUT2D eigenvalue weighted by Crippen LogP contribution is -2.50. The Bertz CT molecular complexity index is 255. The zero-order valence-electron chi connectivity index (χ0n) is 10.4. The molecule has 1 N–H and O–H groups in total. The summed E-state index contributed by atoms with van der Waals surface area (Å²) in [4.78, 5) is 16.6. The highest BCUT2D eigenvalue weighted by molar-refractivity contribution is 5.77. The van der Waals surface area contributed by atoms with Crippen LogP contribution in [0, 0.1) is 0 Å². The molecule has 1 unspecified atom stereocenters. The molecule has 0 aromatic rings. The van der Waals surface area contributed by atoms with Gasteiger partial charge in [0.1, 0.15) is 0 Å². The van der Waals surface area contributed by atoms with Gasteiger partial charge in [-0.3, -0.25) is 9.69 Å². The summed E-state index contributed by atoms with van der Waals surface area (Å²) >= 11 is 0. The first-order valence-corrected chi connectivity index (χ1v) is 6.46. The number of carbonyl (C=O) groups excluding carboxylic acids is 1. The van der Waals surface area contributed by atoms with Crippen molar-refractivity contribution in [3.05, 3.63) is 0 Å². The third-order valence-corrected chi connectivity index (χ3v) is 3.65. The third-order valence-electron chi connectivity index (χ3n) is 3.65. The number of nitrogens with zero attached hydrogens (tertiary/aromatic N) is 2. The molecule has 0 aromatic heterocycles. The van der Waals surface area contributed by atoms with Gasteiger partial charge in [0.2, 0.25) is 5.91 Å². The molecule has 0 saturated carbocycles. The minimum Gasteiger partial charge on any atom is -0.326 e. The summed E-state index contributed by atoms with van der Waals surface area (Å²) in [5, 5.41) is 3.29. The van der Waals surface area contributed by atoms with Crippen molar-refractivity contribution >= 4 is 5.91 Å². The molecule has 1 amide bonds. The number of likely N-dealkylation sites (tertiary alicyclic amines) is 1. The van der Waals surface area contributed by atoms with Crippen LogP contribution in [0.15, 0.2) is 0 Å². The van der Waals surface area contributed by atoms with Crippen LogP contribution in [-0.4, -0.2) is 54.1 Å². The molecule has 0 bridgehead atoms. The van der Waals surface area contributed by atoms with E-state index in [0.29, 0.717) is 24.5 Å². The standard InChI is InChI=1S/C12H23N3O/c1-10(2)14-8-3-4-11(14)15-9-7-13-6-5-12(15)16/h10-11,13H,3-9H2,1-2H3. The average molecular weight is 225 g/mol. The van der Waals surface area contributed by atoms with Gasteiger partial charge in [0.25, 0.3) is 0 Å². The zero-order valence-corrected chi connectivity index (χ0v) is 10.4. The monoisotopic (exact) mass is 225 g/mol. The molecule has 2 saturated heterocycles. The van der Waals surface area contributed by atoms with Gasteiger partial charge in [-0.15, -0.1) is 0 Å². The summed E-state index contributed by atoms with van der Waals surface area (Å²) in [5.41, 5.74) is 0. The fourth-order valence-electron chi connectivity index (χ4n) is 2.81. The minimum absolute atomic E-state index is 0.322. The van der Waals surface area contributed by atoms with E-state index in [2.05, 4.69) is 29.0 Å². The fourth-order valence-corrected chi connectivity index (χ4v) is 2.81. The molecule has 0 aromatic carbocycles. The van der Waals surface area contributed by atoms with E-state index in [1.807, 2.05) is 0 Å². The molecule has 4 nitrogen and oxygen atoms in total. The second kappa shape index (κ2) is 5.15. The Morgan fingerprint density at radius 3 is 2.88 bits per heavy atom. The molecule has 16 heavy (non-hydrogen) atoms. The van der Waals surface area contributed by atoms with Crippen LogP contribution in [-0.2, 0) is 4.79 Å². The van der Waals surface area contributed by atoms with Crippen molar-refractivity contribution in [2.75, 3.05) is 26.2 Å². The maximum absolute atomic E-state index is 12.0. The summed E-state index contributed by atoms with van der Waals surface area (Å²) in [6.07, 6.45) is 3.37. The van der Waals surface area contributed by atoms with Crippen LogP contribution in [0.2, 0.25) is 0 Å². The quantitative estimate of drug-likeness (QED) is 0.749. The average Bonchev–Trinajstić information content (AvgIpc) is 2.63. The number of amides is 1. The molecule has 2 aliphatic rings. The second-order valence-corrected chi connectivity index (χ2v) is 5.04. The molecular formula is C12H23N3O. The summed E-state index contributed by atoms with van der Waals surface area (Å²) < 4.78 is 0. The summed E-state index contributed by atoms with van der Waals surface area (Å²) in [6, 6.07) is 0.538. The van der Waals surface area contributed by atoms with Gasteiger partial charge in [0.05, 0.1) is 6.17 Å². The molecular weight excluding hydrogens is 202 g/mol. The van der Waals surface area contributed by atoms with Crippen LogP contribution in [0.1, 0.15) is 33.1 Å². The lowest BCUT2D eigenvalue weighted by atomic mass is 10.2. The second-order valence-electron chi connectivity index (χ2n) is 5.04. The Balaban J connectivity index is 2.06. The SMILES string of the molecule is CC(C)N1CCCC1N1CCNCCC1=O. The van der Waals surface area contributed by atoms with Crippen molar-refractivity contribution in [2.45, 2.75) is 45.3 Å². The van der Waals surface area contributed by atoms with Crippen molar-refractivity contribution in [1.29, 1.82) is 0 Å². The van der Waals surface area contributed by atoms with Gasteiger partial charge < -0.3 is 10.2 Å². The molecule has 2 heterocycles. The number of hydrogen-bond donors (Lipinski definition) is 1. The van der Waals surface area contributed by atoms with Crippen molar-refractivity contribution in [1.82, 2.24) is 15.1 Å². The smallest absolute Gasteiger partial charge is 0.225 e. The molecule has 4 heteroatoms. The van der Waals surface area contributed by atoms with E-state index in [-0.39, 0.29) is 0 Å². The lowest BCUT2D eigenvalue weighted by molar-refractivity contribution is -0.136. The van der Waals surface area contributed by atoms with E-state index in [4.69, 9.17) is 0 Å². The van der Waals surface area contributed by atoms with Crippen LogP contribution in [0.25, 0.3) is 0 Å². The van der Waals surface area contributed by atoms with Crippen LogP contribution in [0.4, 0.5) is 0 Å². The highest BCUT2D eigenvalue weighted by Gasteiger charge is 2.34. The largest absolute Gasteiger partial charge is 0.326 e. The predicted octanol–water partition coefficient (Wildman–Crippen LogP) is 0.639. The minimum atomic E-state index is 0.322. The highest BCUT2D eigenvalue weighted by atomic mass is 16.2. The van der Waals surface area contributed by atoms with Crippen LogP contribution < -0.4 is 5.32 Å². The molecule has 0 radical (unpaired) electrons. The van der Waals surface area contributed by atoms with E-state index in [0.717, 1.165) is 32.6 Å². The van der Waals surface area contributed by atoms with Gasteiger partial charge in [-0.05, 0) is 26.7 Å². The van der Waals surface area contributed by atoms with E-state index < -0.39 is 0 Å². The lowest BCUT2D eigenvalue weighted by Gasteiger charge is -2.36. The Morgan fingerprint density at radius 1 is 1.31 bits per heavy atom. The van der Waals surface area contributed by atoms with Gasteiger partial charge >= 0.3 is 0 Å². The number of nitrogens with one attached hydrogen (secondary N) is 1. The first-order chi connectivity index (χ1) is 7.70. The van der Waals surface area contributed by atoms with Gasteiger partial charge in [-0.1, -0.05) is 0 Å². The Labute approximate surface area is 98.0 Å². The molecule has 1 atom stereocenters. The van der Waals surface area contributed by atoms with E-state index in [9.17, 15) is 4.79 Å². The predicted molar refractivity (Wildman–Crippen MR) is 64.1 cm³/mol. The van der Waals surface area contributed by atoms with Crippen LogP contribution in [0.5, 0.6) is 0 Å². The van der Waals surface area contributed by atoms with Crippen molar-refractivity contribution < 1.29 is 4.79 Å². The van der Waals surface area contributed by atoms with E-state index >= 15 is 0 Å². The Kier molecular flexibility index (Phi) is 3.82. The molecule has 92 valence electrons. The zero-order chi connectivity index (χ0) is 11.5. The molecule has 0 spiro atoms. The fraction of sp³-hybridized carbons (Fsp3) is 0.917. The molecule has 0 aliphatic carbocycles. The van der Waals surface area contributed by atoms with Crippen LogP contribution >= 0.6 is 0 Å². The normalized spacial score (nSPS) is 28.8. The summed E-state index contributed by atoms with van der Waals surface area (Å²) in [7, 11) is 0. The Hall–Kier alpha value is -0.610. The molecule has 2 aliphatic heterocycles. The first-order valence-electron chi connectivity index (χ1n) is 6.46. The maximum atomic E-state index is 12.0. The van der Waals surface area contributed by atoms with Crippen molar-refractivity contribution in [3.8, 4) is 0 Å². The third kappa shape index (κ3) is 2.38. The van der Waals surface area contributed by atoms with Crippen molar-refractivity contribution in [3.63, 3.8) is 0 Å². The van der Waals surface area contributed by atoms with Gasteiger partial charge in [-0.2, -0.15) is 0 Å². The topological polar surface area (TPSA) is 35.6 Å². The number of rotatable bonds is 2. The van der Waals surface area contributed by atoms with Crippen molar-refractivity contribution in [2.24, 2.45) is 0 Å². The molecule has 2 fully saturated rings. The van der Waals surface area contributed by atoms with Gasteiger partial charge in [0, 0.05) is 38.6 Å². The van der Waals surface area contributed by atoms with E-state index in [1.165, 1.54) is 6.42 Å². The van der Waals surface area contributed by atoms with Gasteiger partial charge in [0.15, 0.2) is 0 Å².